The number of piperidine rings is 2. The van der Waals surface area contributed by atoms with Crippen LogP contribution in [0.1, 0.15) is 78.6 Å². The van der Waals surface area contributed by atoms with E-state index >= 15 is 0 Å². The quantitative estimate of drug-likeness (QED) is 0.129. The van der Waals surface area contributed by atoms with E-state index in [-0.39, 0.29) is 55.5 Å². The lowest BCUT2D eigenvalue weighted by atomic mass is 9.57. The van der Waals surface area contributed by atoms with Crippen LogP contribution in [0.15, 0.2) is 11.6 Å². The smallest absolute Gasteiger partial charge is 0.333 e. The Morgan fingerprint density at radius 2 is 1.93 bits per heavy atom. The molecule has 5 fully saturated rings. The predicted octanol–water partition coefficient (Wildman–Crippen LogP) is 0.702. The molecule has 0 radical (unpaired) electrons. The Hall–Kier alpha value is -1.48. The van der Waals surface area contributed by atoms with E-state index in [1.807, 2.05) is 6.92 Å². The van der Waals surface area contributed by atoms with E-state index < -0.39 is 53.9 Å². The molecule has 0 spiro atoms. The second-order valence-corrected chi connectivity index (χ2v) is 14.8. The molecule has 1 saturated carbocycles. The van der Waals surface area contributed by atoms with Gasteiger partial charge in [-0.2, -0.15) is 0 Å². The lowest BCUT2D eigenvalue weighted by Crippen LogP contribution is -2.69. The molecule has 12 nitrogen and oxygen atoms in total. The summed E-state index contributed by atoms with van der Waals surface area (Å²) in [6.45, 7) is 6.73. The molecule has 5 aliphatic rings. The number of nitrogens with one attached hydrogen (secondary N) is 2. The summed E-state index contributed by atoms with van der Waals surface area (Å²) in [5, 5.41) is 39.1. The monoisotopic (exact) mass is 650 g/mol. The van der Waals surface area contributed by atoms with Crippen LogP contribution in [0.3, 0.4) is 0 Å². The molecule has 46 heavy (non-hydrogen) atoms. The van der Waals surface area contributed by atoms with Gasteiger partial charge in [-0.05, 0) is 103 Å². The van der Waals surface area contributed by atoms with Crippen LogP contribution in [0, 0.1) is 35.5 Å². The Labute approximate surface area is 273 Å². The van der Waals surface area contributed by atoms with Gasteiger partial charge in [0, 0.05) is 30.4 Å². The van der Waals surface area contributed by atoms with Crippen LogP contribution in [0.4, 0.5) is 0 Å². The molecule has 9 N–H and O–H groups in total. The number of carbonyl (C=O) groups excluding carboxylic acids is 2. The summed E-state index contributed by atoms with van der Waals surface area (Å²) in [5.74, 6) is -1.77. The first-order valence-corrected chi connectivity index (χ1v) is 17.6. The summed E-state index contributed by atoms with van der Waals surface area (Å²) in [4.78, 5) is 26.9. The highest BCUT2D eigenvalue weighted by Gasteiger charge is 2.63. The minimum atomic E-state index is -1.07. The maximum absolute atomic E-state index is 13.7. The zero-order chi connectivity index (χ0) is 33.2. The first kappa shape index (κ1) is 35.8. The fourth-order valence-corrected chi connectivity index (χ4v) is 9.13. The summed E-state index contributed by atoms with van der Waals surface area (Å²) < 4.78 is 19.9. The first-order chi connectivity index (χ1) is 22.0. The molecule has 4 saturated heterocycles. The maximum atomic E-state index is 13.7. The highest BCUT2D eigenvalue weighted by Crippen LogP contribution is 2.54. The fraction of sp³-hybridized carbons (Fsp3) is 0.882. The SMILES string of the molecule is CC=C(C)C(=O)O[C@H]1CC2C(O)C3C(=O)CC(CO)OC3C(C(CCO)C3CCNC(N)C3)C2O[C@@]1(C)CCC1CCC(N)NC1. The third-order valence-electron chi connectivity index (χ3n) is 11.9. The zero-order valence-corrected chi connectivity index (χ0v) is 27.8. The summed E-state index contributed by atoms with van der Waals surface area (Å²) in [6, 6.07) is 0. The minimum Gasteiger partial charge on any atom is -0.456 e. The molecule has 1 aliphatic carbocycles. The van der Waals surface area contributed by atoms with Crippen molar-refractivity contribution >= 4 is 11.8 Å². The predicted molar refractivity (Wildman–Crippen MR) is 171 cm³/mol. The standard InChI is InChI=1S/C34H58N4O8/c1-4-18(2)33(43)45-25-15-23-30(42)29-24(41)14-21(17-40)44-32(29)28(22(9-12-39)20-8-11-37-27(36)13-20)31(23)46-34(25,3)10-7-19-5-6-26(35)38-16-19/h4,19-23,25-32,37-40,42H,5-17,35-36H2,1-3H3/t19?,20?,21?,22?,23?,25-,26?,27?,28?,29?,30?,31?,32?,34-/m0/s1. The summed E-state index contributed by atoms with van der Waals surface area (Å²) in [6.07, 6.45) is 3.69. The van der Waals surface area contributed by atoms with Gasteiger partial charge in [0.1, 0.15) is 17.5 Å². The summed E-state index contributed by atoms with van der Waals surface area (Å²) >= 11 is 0. The van der Waals surface area contributed by atoms with Crippen molar-refractivity contribution in [2.24, 2.45) is 47.0 Å². The van der Waals surface area contributed by atoms with Gasteiger partial charge in [0.2, 0.25) is 0 Å². The van der Waals surface area contributed by atoms with Gasteiger partial charge < -0.3 is 51.6 Å². The second-order valence-electron chi connectivity index (χ2n) is 14.8. The number of hydrogen-bond acceptors (Lipinski definition) is 12. The number of fused-ring (bicyclic) bond motifs is 2. The van der Waals surface area contributed by atoms with Crippen molar-refractivity contribution in [2.75, 3.05) is 26.3 Å². The van der Waals surface area contributed by atoms with Gasteiger partial charge in [0.15, 0.2) is 0 Å². The molecule has 12 heteroatoms. The van der Waals surface area contributed by atoms with Gasteiger partial charge in [-0.25, -0.2) is 4.79 Å². The van der Waals surface area contributed by atoms with Crippen LogP contribution in [0.5, 0.6) is 0 Å². The zero-order valence-electron chi connectivity index (χ0n) is 27.8. The molecule has 0 aromatic rings. The number of ketones is 1. The van der Waals surface area contributed by atoms with Gasteiger partial charge in [-0.3, -0.25) is 4.79 Å². The summed E-state index contributed by atoms with van der Waals surface area (Å²) in [5.41, 5.74) is 12.1. The Bertz CT molecular complexity index is 1090. The van der Waals surface area contributed by atoms with E-state index in [9.17, 15) is 24.9 Å². The van der Waals surface area contributed by atoms with E-state index in [4.69, 9.17) is 25.7 Å². The first-order valence-electron chi connectivity index (χ1n) is 17.6. The van der Waals surface area contributed by atoms with Crippen LogP contribution in [-0.2, 0) is 23.8 Å². The molecule has 0 bridgehead atoms. The molecule has 12 unspecified atom stereocenters. The number of carbonyl (C=O) groups is 2. The number of ether oxygens (including phenoxy) is 3. The average molecular weight is 651 g/mol. The second kappa shape index (κ2) is 15.4. The summed E-state index contributed by atoms with van der Waals surface area (Å²) in [7, 11) is 0. The van der Waals surface area contributed by atoms with Crippen molar-refractivity contribution in [3.8, 4) is 0 Å². The fourth-order valence-electron chi connectivity index (χ4n) is 9.13. The van der Waals surface area contributed by atoms with Gasteiger partial charge in [0.05, 0.1) is 49.3 Å². The minimum absolute atomic E-state index is 0.000907. The number of esters is 1. The van der Waals surface area contributed by atoms with Crippen molar-refractivity contribution in [3.63, 3.8) is 0 Å². The topological polar surface area (TPSA) is 199 Å². The van der Waals surface area contributed by atoms with Crippen LogP contribution in [0.2, 0.25) is 0 Å². The number of hydrogen-bond donors (Lipinski definition) is 7. The molecule has 14 atom stereocenters. The third-order valence-corrected chi connectivity index (χ3v) is 11.9. The van der Waals surface area contributed by atoms with E-state index in [0.29, 0.717) is 37.2 Å². The van der Waals surface area contributed by atoms with E-state index in [1.54, 1.807) is 19.9 Å². The average Bonchev–Trinajstić information content (AvgIpc) is 3.04. The number of rotatable bonds is 10. The molecular weight excluding hydrogens is 592 g/mol. The highest BCUT2D eigenvalue weighted by atomic mass is 16.6. The number of aliphatic hydroxyl groups is 3. The molecular formula is C34H58N4O8. The lowest BCUT2D eigenvalue weighted by molar-refractivity contribution is -0.293. The maximum Gasteiger partial charge on any atom is 0.333 e. The van der Waals surface area contributed by atoms with E-state index in [0.717, 1.165) is 38.8 Å². The van der Waals surface area contributed by atoms with Crippen LogP contribution < -0.4 is 22.1 Å². The Morgan fingerprint density at radius 3 is 2.59 bits per heavy atom. The number of allylic oxidation sites excluding steroid dienone is 1. The van der Waals surface area contributed by atoms with Crippen molar-refractivity contribution < 1.29 is 39.1 Å². The van der Waals surface area contributed by atoms with Crippen molar-refractivity contribution in [3.05, 3.63) is 11.6 Å². The number of aliphatic hydroxyl groups excluding tert-OH is 3. The Kier molecular flexibility index (Phi) is 12.0. The van der Waals surface area contributed by atoms with Gasteiger partial charge in [0.25, 0.3) is 0 Å². The normalized spacial score (nSPS) is 44.2. The lowest BCUT2D eigenvalue weighted by Gasteiger charge is -2.60. The molecule has 0 aromatic heterocycles. The molecule has 0 aromatic carbocycles. The van der Waals surface area contributed by atoms with Crippen LogP contribution in [-0.4, -0.2) is 102 Å². The van der Waals surface area contributed by atoms with Gasteiger partial charge in [-0.15, -0.1) is 0 Å². The van der Waals surface area contributed by atoms with E-state index in [2.05, 4.69) is 10.6 Å². The van der Waals surface area contributed by atoms with Gasteiger partial charge in [-0.1, -0.05) is 6.08 Å². The molecule has 0 amide bonds. The molecule has 5 rings (SSSR count). The molecule has 4 aliphatic heterocycles. The van der Waals surface area contributed by atoms with Crippen LogP contribution >= 0.6 is 0 Å². The number of nitrogens with two attached hydrogens (primary N) is 2. The molecule has 4 heterocycles. The Morgan fingerprint density at radius 1 is 1.15 bits per heavy atom. The number of Topliss-reactive ketones (excluding diaryl/α,β-unsaturated/α-hetero) is 1. The van der Waals surface area contributed by atoms with Crippen LogP contribution in [0.25, 0.3) is 0 Å². The van der Waals surface area contributed by atoms with Crippen molar-refractivity contribution in [1.29, 1.82) is 0 Å². The Balaban J connectivity index is 1.52. The highest BCUT2D eigenvalue weighted by molar-refractivity contribution is 5.87. The van der Waals surface area contributed by atoms with Gasteiger partial charge >= 0.3 is 5.97 Å². The largest absolute Gasteiger partial charge is 0.456 e. The molecule has 262 valence electrons. The van der Waals surface area contributed by atoms with Crippen molar-refractivity contribution in [1.82, 2.24) is 10.6 Å². The van der Waals surface area contributed by atoms with Crippen molar-refractivity contribution in [2.45, 2.75) is 127 Å². The third kappa shape index (κ3) is 7.55. The van der Waals surface area contributed by atoms with E-state index in [1.165, 1.54) is 0 Å².